The lowest BCUT2D eigenvalue weighted by molar-refractivity contribution is -0.160. The zero-order chi connectivity index (χ0) is 30.3. The van der Waals surface area contributed by atoms with Crippen molar-refractivity contribution >= 4 is 11.8 Å². The van der Waals surface area contributed by atoms with Gasteiger partial charge in [-0.05, 0) is 108 Å². The van der Waals surface area contributed by atoms with E-state index in [1.807, 2.05) is 31.3 Å². The second-order valence-electron chi connectivity index (χ2n) is 12.8. The van der Waals surface area contributed by atoms with Crippen LogP contribution in [-0.4, -0.2) is 66.6 Å². The van der Waals surface area contributed by atoms with E-state index in [9.17, 15) is 10.1 Å². The fraction of sp³-hybridized carbons (Fsp3) is 0.647. The third-order valence-electron chi connectivity index (χ3n) is 9.31. The van der Waals surface area contributed by atoms with Gasteiger partial charge in [0.25, 0.3) is 0 Å². The molecule has 1 aliphatic heterocycles. The van der Waals surface area contributed by atoms with Crippen molar-refractivity contribution in [3.63, 3.8) is 0 Å². The number of pyridine rings is 2. The Balaban J connectivity index is 1.11. The van der Waals surface area contributed by atoms with Crippen LogP contribution < -0.4 is 10.6 Å². The summed E-state index contributed by atoms with van der Waals surface area (Å²) >= 11 is 0. The van der Waals surface area contributed by atoms with E-state index in [0.29, 0.717) is 44.9 Å². The third kappa shape index (κ3) is 8.11. The smallest absolute Gasteiger partial charge is 0.338 e. The number of nitriles is 1. The normalized spacial score (nSPS) is 23.1. The number of aromatic nitrogens is 2. The van der Waals surface area contributed by atoms with Gasteiger partial charge in [-0.2, -0.15) is 5.26 Å². The molecule has 0 bridgehead atoms. The van der Waals surface area contributed by atoms with E-state index in [2.05, 4.69) is 36.6 Å². The molecule has 9 heteroatoms. The molecule has 2 aliphatic carbocycles. The number of anilines is 1. The van der Waals surface area contributed by atoms with Crippen LogP contribution in [0, 0.1) is 29.6 Å². The maximum atomic E-state index is 12.2. The standard InChI is InChI=1S/C34H47N5O4/c1-4-42-32(40)34(12-13-34)43-21-25(3)38-27-10-8-26(9-11-27)18-28-19-29(24(2)20-36-28)30-6-5-7-31(39-30)37-23-33(22-35)14-16-41-17-15-33/h5-7,19-20,25-27,38H,4,8-18,21,23H2,1-3H3,(H,37,39)/t25-,26?,27?/m0/s1. The number of esters is 1. The Morgan fingerprint density at radius 2 is 1.95 bits per heavy atom. The van der Waals surface area contributed by atoms with Crippen LogP contribution in [0.15, 0.2) is 30.5 Å². The first-order chi connectivity index (χ1) is 20.8. The lowest BCUT2D eigenvalue weighted by atomic mass is 9.82. The number of nitrogens with one attached hydrogen (secondary N) is 2. The van der Waals surface area contributed by atoms with Crippen molar-refractivity contribution in [1.29, 1.82) is 5.26 Å². The molecule has 43 heavy (non-hydrogen) atoms. The molecule has 0 spiro atoms. The lowest BCUT2D eigenvalue weighted by Crippen LogP contribution is -2.43. The zero-order valence-electron chi connectivity index (χ0n) is 26.0. The van der Waals surface area contributed by atoms with Crippen LogP contribution in [-0.2, 0) is 25.4 Å². The minimum absolute atomic E-state index is 0.189. The Kier molecular flexibility index (Phi) is 10.3. The van der Waals surface area contributed by atoms with Crippen molar-refractivity contribution in [3.8, 4) is 17.3 Å². The number of rotatable bonds is 13. The maximum absolute atomic E-state index is 12.2. The highest BCUT2D eigenvalue weighted by Gasteiger charge is 2.53. The largest absolute Gasteiger partial charge is 0.464 e. The SMILES string of the molecule is CCOC(=O)C1(OC[C@H](C)NC2CCC(Cc3cc(-c4cccc(NCC5(C#N)CCOCC5)n4)c(C)cn3)CC2)CC1. The van der Waals surface area contributed by atoms with Gasteiger partial charge in [-0.1, -0.05) is 6.07 Å². The van der Waals surface area contributed by atoms with Crippen LogP contribution in [0.2, 0.25) is 0 Å². The molecule has 232 valence electrons. The number of nitrogens with zero attached hydrogens (tertiary/aromatic N) is 3. The van der Waals surface area contributed by atoms with E-state index in [1.54, 1.807) is 0 Å². The third-order valence-corrected chi connectivity index (χ3v) is 9.31. The fourth-order valence-electron chi connectivity index (χ4n) is 6.34. The summed E-state index contributed by atoms with van der Waals surface area (Å²) in [5.74, 6) is 1.18. The predicted octanol–water partition coefficient (Wildman–Crippen LogP) is 5.38. The number of carbonyl (C=O) groups excluding carboxylic acids is 1. The molecular weight excluding hydrogens is 542 g/mol. The van der Waals surface area contributed by atoms with Crippen LogP contribution in [0.3, 0.4) is 0 Å². The van der Waals surface area contributed by atoms with E-state index in [-0.39, 0.29) is 12.0 Å². The molecule has 9 nitrogen and oxygen atoms in total. The highest BCUT2D eigenvalue weighted by molar-refractivity contribution is 5.82. The molecule has 3 fully saturated rings. The van der Waals surface area contributed by atoms with Crippen LogP contribution in [0.4, 0.5) is 5.82 Å². The van der Waals surface area contributed by atoms with Crippen molar-refractivity contribution < 1.29 is 19.0 Å². The molecule has 0 aromatic carbocycles. The summed E-state index contributed by atoms with van der Waals surface area (Å²) in [5, 5.41) is 16.9. The summed E-state index contributed by atoms with van der Waals surface area (Å²) in [7, 11) is 0. The first kappa shape index (κ1) is 31.4. The van der Waals surface area contributed by atoms with Gasteiger partial charge in [0.05, 0.1) is 30.4 Å². The molecule has 3 heterocycles. The molecule has 0 radical (unpaired) electrons. The molecule has 2 aromatic heterocycles. The zero-order valence-corrected chi connectivity index (χ0v) is 26.0. The van der Waals surface area contributed by atoms with Crippen molar-refractivity contribution in [2.75, 3.05) is 38.3 Å². The summed E-state index contributed by atoms with van der Waals surface area (Å²) in [6.45, 7) is 8.80. The summed E-state index contributed by atoms with van der Waals surface area (Å²) in [5.41, 5.74) is 3.14. The highest BCUT2D eigenvalue weighted by atomic mass is 16.6. The molecule has 2 saturated carbocycles. The number of ether oxygens (including phenoxy) is 3. The average molecular weight is 590 g/mol. The summed E-state index contributed by atoms with van der Waals surface area (Å²) in [6.07, 6.45) is 10.5. The maximum Gasteiger partial charge on any atom is 0.338 e. The van der Waals surface area contributed by atoms with Gasteiger partial charge in [0.15, 0.2) is 5.60 Å². The molecule has 3 aliphatic rings. The van der Waals surface area contributed by atoms with Crippen LogP contribution in [0.1, 0.15) is 76.5 Å². The second-order valence-corrected chi connectivity index (χ2v) is 12.8. The number of carbonyl (C=O) groups is 1. The molecule has 1 saturated heterocycles. The van der Waals surface area contributed by atoms with E-state index in [0.717, 1.165) is 86.1 Å². The highest BCUT2D eigenvalue weighted by Crippen LogP contribution is 2.41. The number of hydrogen-bond donors (Lipinski definition) is 2. The van der Waals surface area contributed by atoms with Gasteiger partial charge < -0.3 is 24.8 Å². The van der Waals surface area contributed by atoms with Crippen molar-refractivity contribution in [1.82, 2.24) is 15.3 Å². The Labute approximate surface area is 256 Å². The summed E-state index contributed by atoms with van der Waals surface area (Å²) < 4.78 is 16.7. The van der Waals surface area contributed by atoms with Crippen LogP contribution in [0.25, 0.3) is 11.3 Å². The Hall–Kier alpha value is -3.06. The Morgan fingerprint density at radius 1 is 1.19 bits per heavy atom. The van der Waals surface area contributed by atoms with E-state index < -0.39 is 11.0 Å². The molecular formula is C34H47N5O4. The van der Waals surface area contributed by atoms with Gasteiger partial charge in [-0.15, -0.1) is 0 Å². The average Bonchev–Trinajstić information content (AvgIpc) is 3.83. The summed E-state index contributed by atoms with van der Waals surface area (Å²) in [6, 6.07) is 11.4. The van der Waals surface area contributed by atoms with Gasteiger partial charge in [-0.25, -0.2) is 9.78 Å². The molecule has 1 atom stereocenters. The minimum Gasteiger partial charge on any atom is -0.464 e. The number of hydrogen-bond acceptors (Lipinski definition) is 9. The van der Waals surface area contributed by atoms with Gasteiger partial charge in [0.2, 0.25) is 0 Å². The molecule has 0 unspecified atom stereocenters. The summed E-state index contributed by atoms with van der Waals surface area (Å²) in [4.78, 5) is 21.9. The van der Waals surface area contributed by atoms with Gasteiger partial charge in [-0.3, -0.25) is 4.98 Å². The first-order valence-electron chi connectivity index (χ1n) is 16.1. The first-order valence-corrected chi connectivity index (χ1v) is 16.1. The fourth-order valence-corrected chi connectivity index (χ4v) is 6.34. The predicted molar refractivity (Wildman–Crippen MR) is 165 cm³/mol. The van der Waals surface area contributed by atoms with Crippen molar-refractivity contribution in [2.24, 2.45) is 11.3 Å². The molecule has 0 amide bonds. The quantitative estimate of drug-likeness (QED) is 0.297. The van der Waals surface area contributed by atoms with Gasteiger partial charge in [0, 0.05) is 49.3 Å². The molecule has 5 rings (SSSR count). The van der Waals surface area contributed by atoms with Crippen LogP contribution >= 0.6 is 0 Å². The lowest BCUT2D eigenvalue weighted by Gasteiger charge is -2.31. The Bertz CT molecular complexity index is 1280. The Morgan fingerprint density at radius 3 is 2.65 bits per heavy atom. The van der Waals surface area contributed by atoms with E-state index in [1.165, 1.54) is 0 Å². The molecule has 2 aromatic rings. The van der Waals surface area contributed by atoms with Gasteiger partial charge >= 0.3 is 5.97 Å². The molecule has 2 N–H and O–H groups in total. The van der Waals surface area contributed by atoms with Crippen molar-refractivity contribution in [2.45, 2.75) is 96.2 Å². The van der Waals surface area contributed by atoms with E-state index in [4.69, 9.17) is 24.2 Å². The second kappa shape index (κ2) is 14.1. The monoisotopic (exact) mass is 589 g/mol. The van der Waals surface area contributed by atoms with Gasteiger partial charge in [0.1, 0.15) is 5.82 Å². The van der Waals surface area contributed by atoms with E-state index >= 15 is 0 Å². The minimum atomic E-state index is -0.693. The van der Waals surface area contributed by atoms with Crippen LogP contribution in [0.5, 0.6) is 0 Å². The number of aryl methyl sites for hydroxylation is 1. The van der Waals surface area contributed by atoms with Crippen molar-refractivity contribution in [3.05, 3.63) is 41.7 Å². The topological polar surface area (TPSA) is 118 Å².